The summed E-state index contributed by atoms with van der Waals surface area (Å²) in [6.07, 6.45) is 0. The van der Waals surface area contributed by atoms with Crippen molar-refractivity contribution in [3.8, 4) is 22.8 Å². The number of rotatable bonds is 7. The van der Waals surface area contributed by atoms with Gasteiger partial charge in [0.05, 0.1) is 38.0 Å². The Labute approximate surface area is 196 Å². The first-order chi connectivity index (χ1) is 15.9. The number of hydrogen-bond acceptors (Lipinski definition) is 8. The van der Waals surface area contributed by atoms with E-state index in [0.29, 0.717) is 54.2 Å². The molecule has 1 saturated heterocycles. The molecule has 1 aromatic heterocycles. The molecule has 0 atom stereocenters. The molecule has 174 valence electrons. The number of benzene rings is 2. The number of amides is 1. The number of anilines is 1. The van der Waals surface area contributed by atoms with Crippen LogP contribution in [0.15, 0.2) is 52.7 Å². The number of thiazole rings is 1. The molecule has 0 spiro atoms. The van der Waals surface area contributed by atoms with E-state index in [1.807, 2.05) is 17.5 Å². The van der Waals surface area contributed by atoms with Gasteiger partial charge in [-0.1, -0.05) is 0 Å². The highest BCUT2D eigenvalue weighted by atomic mass is 32.2. The maximum atomic E-state index is 12.7. The van der Waals surface area contributed by atoms with Crippen molar-refractivity contribution in [2.45, 2.75) is 4.90 Å². The van der Waals surface area contributed by atoms with Crippen LogP contribution in [-0.4, -0.2) is 64.1 Å². The predicted molar refractivity (Wildman–Crippen MR) is 125 cm³/mol. The fourth-order valence-electron chi connectivity index (χ4n) is 3.35. The van der Waals surface area contributed by atoms with Crippen LogP contribution in [0.2, 0.25) is 0 Å². The third kappa shape index (κ3) is 5.01. The van der Waals surface area contributed by atoms with Crippen LogP contribution in [0.1, 0.15) is 10.4 Å². The van der Waals surface area contributed by atoms with Crippen molar-refractivity contribution in [1.82, 2.24) is 9.29 Å². The van der Waals surface area contributed by atoms with Crippen molar-refractivity contribution in [2.75, 3.05) is 45.8 Å². The molecule has 0 radical (unpaired) electrons. The summed E-state index contributed by atoms with van der Waals surface area (Å²) in [6.45, 7) is 1.38. The molecule has 4 rings (SSSR count). The lowest BCUT2D eigenvalue weighted by Gasteiger charge is -2.26. The van der Waals surface area contributed by atoms with Crippen molar-refractivity contribution >= 4 is 32.4 Å². The second-order valence-electron chi connectivity index (χ2n) is 7.10. The third-order valence-corrected chi connectivity index (χ3v) is 7.80. The van der Waals surface area contributed by atoms with Gasteiger partial charge in [-0.15, -0.1) is 11.3 Å². The van der Waals surface area contributed by atoms with Crippen LogP contribution in [0.3, 0.4) is 0 Å². The van der Waals surface area contributed by atoms with Gasteiger partial charge in [0, 0.05) is 35.7 Å². The molecule has 1 N–H and O–H groups in total. The van der Waals surface area contributed by atoms with E-state index in [1.54, 1.807) is 20.3 Å². The molecule has 11 heteroatoms. The Morgan fingerprint density at radius 1 is 1.09 bits per heavy atom. The highest BCUT2D eigenvalue weighted by molar-refractivity contribution is 7.89. The van der Waals surface area contributed by atoms with Gasteiger partial charge >= 0.3 is 0 Å². The predicted octanol–water partition coefficient (Wildman–Crippen LogP) is 3.10. The second kappa shape index (κ2) is 9.87. The van der Waals surface area contributed by atoms with E-state index in [-0.39, 0.29) is 10.8 Å². The zero-order valence-corrected chi connectivity index (χ0v) is 19.7. The number of nitrogens with zero attached hydrogens (tertiary/aromatic N) is 2. The van der Waals surface area contributed by atoms with Gasteiger partial charge in [-0.2, -0.15) is 4.31 Å². The normalized spacial score (nSPS) is 14.6. The van der Waals surface area contributed by atoms with Gasteiger partial charge in [0.2, 0.25) is 10.0 Å². The number of carbonyl (C=O) groups excluding carboxylic acids is 1. The summed E-state index contributed by atoms with van der Waals surface area (Å²) < 4.78 is 42.7. The maximum absolute atomic E-state index is 12.7. The minimum atomic E-state index is -3.61. The van der Waals surface area contributed by atoms with Crippen LogP contribution in [0.25, 0.3) is 11.3 Å². The van der Waals surface area contributed by atoms with Crippen LogP contribution in [0.4, 0.5) is 5.13 Å². The number of aromatic nitrogens is 1. The standard InChI is InChI=1S/C22H23N3O6S2/c1-29-16-5-8-18(20(13-16)30-2)19-14-32-22(23-19)24-21(26)15-3-6-17(7-4-15)33(27,28)25-9-11-31-12-10-25/h3-8,13-14H,9-12H2,1-2H3,(H,23,24,26). The van der Waals surface area contributed by atoms with E-state index in [4.69, 9.17) is 14.2 Å². The van der Waals surface area contributed by atoms with Gasteiger partial charge in [-0.25, -0.2) is 13.4 Å². The monoisotopic (exact) mass is 489 g/mol. The molecule has 0 aliphatic carbocycles. The summed E-state index contributed by atoms with van der Waals surface area (Å²) in [7, 11) is -0.467. The second-order valence-corrected chi connectivity index (χ2v) is 9.90. The number of hydrogen-bond donors (Lipinski definition) is 1. The number of morpholine rings is 1. The molecule has 0 saturated carbocycles. The van der Waals surface area contributed by atoms with E-state index < -0.39 is 10.0 Å². The van der Waals surface area contributed by atoms with Crippen LogP contribution in [0, 0.1) is 0 Å². The fourth-order valence-corrected chi connectivity index (χ4v) is 5.46. The molecule has 1 aliphatic rings. The molecule has 0 bridgehead atoms. The molecule has 1 fully saturated rings. The lowest BCUT2D eigenvalue weighted by atomic mass is 10.1. The first-order valence-corrected chi connectivity index (χ1v) is 12.4. The van der Waals surface area contributed by atoms with Crippen molar-refractivity contribution in [3.63, 3.8) is 0 Å². The van der Waals surface area contributed by atoms with Gasteiger partial charge in [-0.05, 0) is 36.4 Å². The molecule has 1 aliphatic heterocycles. The lowest BCUT2D eigenvalue weighted by molar-refractivity contribution is 0.0730. The number of methoxy groups -OCH3 is 2. The molecule has 2 heterocycles. The van der Waals surface area contributed by atoms with Gasteiger partial charge in [0.25, 0.3) is 5.91 Å². The van der Waals surface area contributed by atoms with Crippen molar-refractivity contribution in [1.29, 1.82) is 0 Å². The minimum Gasteiger partial charge on any atom is -0.497 e. The van der Waals surface area contributed by atoms with Gasteiger partial charge < -0.3 is 14.2 Å². The van der Waals surface area contributed by atoms with E-state index in [2.05, 4.69) is 10.3 Å². The minimum absolute atomic E-state index is 0.143. The van der Waals surface area contributed by atoms with E-state index in [0.717, 1.165) is 5.56 Å². The molecule has 2 aromatic carbocycles. The molecular formula is C22H23N3O6S2. The Bertz CT molecular complexity index is 1240. The fraction of sp³-hybridized carbons (Fsp3) is 0.273. The maximum Gasteiger partial charge on any atom is 0.257 e. The zero-order valence-electron chi connectivity index (χ0n) is 18.1. The van der Waals surface area contributed by atoms with Crippen LogP contribution >= 0.6 is 11.3 Å². The number of carbonyl (C=O) groups is 1. The topological polar surface area (TPSA) is 107 Å². The number of sulfonamides is 1. The Morgan fingerprint density at radius 3 is 2.48 bits per heavy atom. The Hall–Kier alpha value is -2.99. The lowest BCUT2D eigenvalue weighted by Crippen LogP contribution is -2.40. The van der Waals surface area contributed by atoms with Crippen LogP contribution < -0.4 is 14.8 Å². The number of nitrogens with one attached hydrogen (secondary N) is 1. The molecule has 1 amide bonds. The summed E-state index contributed by atoms with van der Waals surface area (Å²) in [5.41, 5.74) is 1.75. The summed E-state index contributed by atoms with van der Waals surface area (Å²) in [4.78, 5) is 17.3. The van der Waals surface area contributed by atoms with Crippen LogP contribution in [0.5, 0.6) is 11.5 Å². The zero-order chi connectivity index (χ0) is 23.4. The first-order valence-electron chi connectivity index (χ1n) is 10.1. The molecule has 33 heavy (non-hydrogen) atoms. The van der Waals surface area contributed by atoms with Crippen LogP contribution in [-0.2, 0) is 14.8 Å². The smallest absolute Gasteiger partial charge is 0.257 e. The van der Waals surface area contributed by atoms with E-state index in [1.165, 1.54) is 39.9 Å². The molecular weight excluding hydrogens is 466 g/mol. The molecule has 0 unspecified atom stereocenters. The Balaban J connectivity index is 1.47. The summed E-state index contributed by atoms with van der Waals surface area (Å²) in [6, 6.07) is 11.3. The average Bonchev–Trinajstić information content (AvgIpc) is 3.32. The van der Waals surface area contributed by atoms with Crippen molar-refractivity contribution < 1.29 is 27.4 Å². The van der Waals surface area contributed by atoms with Crippen molar-refractivity contribution in [2.24, 2.45) is 0 Å². The van der Waals surface area contributed by atoms with Gasteiger partial charge in [0.1, 0.15) is 11.5 Å². The Morgan fingerprint density at radius 2 is 1.82 bits per heavy atom. The van der Waals surface area contributed by atoms with E-state index >= 15 is 0 Å². The SMILES string of the molecule is COc1ccc(-c2csc(NC(=O)c3ccc(S(=O)(=O)N4CCOCC4)cc3)n2)c(OC)c1. The first kappa shape index (κ1) is 23.2. The largest absolute Gasteiger partial charge is 0.497 e. The highest BCUT2D eigenvalue weighted by Crippen LogP contribution is 2.35. The summed E-state index contributed by atoms with van der Waals surface area (Å²) in [5.74, 6) is 0.890. The number of ether oxygens (including phenoxy) is 3. The third-order valence-electron chi connectivity index (χ3n) is 5.13. The Kier molecular flexibility index (Phi) is 6.94. The van der Waals surface area contributed by atoms with E-state index in [9.17, 15) is 13.2 Å². The highest BCUT2D eigenvalue weighted by Gasteiger charge is 2.26. The molecule has 3 aromatic rings. The average molecular weight is 490 g/mol. The van der Waals surface area contributed by atoms with Gasteiger partial charge in [0.15, 0.2) is 5.13 Å². The summed E-state index contributed by atoms with van der Waals surface area (Å²) in [5, 5.41) is 4.99. The summed E-state index contributed by atoms with van der Waals surface area (Å²) >= 11 is 1.28. The quantitative estimate of drug-likeness (QED) is 0.543. The molecule has 9 nitrogen and oxygen atoms in total. The van der Waals surface area contributed by atoms with Gasteiger partial charge in [-0.3, -0.25) is 10.1 Å². The van der Waals surface area contributed by atoms with Crippen molar-refractivity contribution in [3.05, 3.63) is 53.4 Å².